The Balaban J connectivity index is 2.69. The van der Waals surface area contributed by atoms with Gasteiger partial charge < -0.3 is 10.5 Å². The zero-order valence-corrected chi connectivity index (χ0v) is 11.7. The number of amides is 1. The van der Waals surface area contributed by atoms with Crippen molar-refractivity contribution in [2.45, 2.75) is 72.3 Å². The van der Waals surface area contributed by atoms with Gasteiger partial charge in [-0.2, -0.15) is 0 Å². The molecule has 0 aromatic rings. The van der Waals surface area contributed by atoms with E-state index in [1.165, 1.54) is 12.8 Å². The number of hydrogen-bond donors (Lipinski definition) is 1. The fraction of sp³-hybridized carbons (Fsp3) is 0.929. The van der Waals surface area contributed by atoms with E-state index in [4.69, 9.17) is 10.5 Å². The van der Waals surface area contributed by atoms with Gasteiger partial charge >= 0.3 is 6.09 Å². The van der Waals surface area contributed by atoms with Crippen LogP contribution in [0.3, 0.4) is 0 Å². The lowest BCUT2D eigenvalue weighted by Crippen LogP contribution is -2.41. The molecule has 1 rings (SSSR count). The molecule has 0 aromatic heterocycles. The van der Waals surface area contributed by atoms with Crippen molar-refractivity contribution < 1.29 is 9.53 Å². The van der Waals surface area contributed by atoms with E-state index in [9.17, 15) is 4.79 Å². The fourth-order valence-corrected chi connectivity index (χ4v) is 2.77. The molecule has 0 bridgehead atoms. The summed E-state index contributed by atoms with van der Waals surface area (Å²) in [5, 5.41) is 0. The van der Waals surface area contributed by atoms with Crippen LogP contribution in [0, 0.1) is 10.8 Å². The summed E-state index contributed by atoms with van der Waals surface area (Å²) in [5.74, 6) is 0. The molecule has 1 unspecified atom stereocenters. The van der Waals surface area contributed by atoms with Crippen molar-refractivity contribution in [3.8, 4) is 0 Å². The highest BCUT2D eigenvalue weighted by atomic mass is 16.6. The molecule has 1 saturated carbocycles. The Kier molecular flexibility index (Phi) is 4.45. The molecule has 0 saturated heterocycles. The smallest absolute Gasteiger partial charge is 0.404 e. The number of hydrogen-bond acceptors (Lipinski definition) is 2. The number of carbonyl (C=O) groups excluding carboxylic acids is 1. The van der Waals surface area contributed by atoms with Gasteiger partial charge in [0.15, 0.2) is 0 Å². The SMILES string of the molecule is CCCC(OC(N)=O)C1(C)CCC(C)(C)CC1. The Morgan fingerprint density at radius 2 is 1.76 bits per heavy atom. The van der Waals surface area contributed by atoms with Crippen molar-refractivity contribution in [1.29, 1.82) is 0 Å². The summed E-state index contributed by atoms with van der Waals surface area (Å²) in [6, 6.07) is 0. The van der Waals surface area contributed by atoms with Crippen LogP contribution in [0.2, 0.25) is 0 Å². The highest BCUT2D eigenvalue weighted by Crippen LogP contribution is 2.48. The average molecular weight is 241 g/mol. The predicted molar refractivity (Wildman–Crippen MR) is 69.7 cm³/mol. The molecule has 1 amide bonds. The largest absolute Gasteiger partial charge is 0.446 e. The third kappa shape index (κ3) is 3.90. The quantitative estimate of drug-likeness (QED) is 0.812. The lowest BCUT2D eigenvalue weighted by atomic mass is 9.63. The number of primary amides is 1. The maximum Gasteiger partial charge on any atom is 0.404 e. The first-order valence-corrected chi connectivity index (χ1v) is 6.75. The molecule has 3 nitrogen and oxygen atoms in total. The molecule has 1 aliphatic carbocycles. The van der Waals surface area contributed by atoms with Gasteiger partial charge in [0, 0.05) is 5.41 Å². The summed E-state index contributed by atoms with van der Waals surface area (Å²) in [7, 11) is 0. The van der Waals surface area contributed by atoms with Gasteiger partial charge in [-0.15, -0.1) is 0 Å². The van der Waals surface area contributed by atoms with Crippen molar-refractivity contribution >= 4 is 6.09 Å². The van der Waals surface area contributed by atoms with Gasteiger partial charge in [0.2, 0.25) is 0 Å². The molecule has 1 aliphatic rings. The second-order valence-corrected chi connectivity index (χ2v) is 6.53. The molecular formula is C14H27NO2. The van der Waals surface area contributed by atoms with Crippen LogP contribution in [0.5, 0.6) is 0 Å². The van der Waals surface area contributed by atoms with Gasteiger partial charge in [-0.1, -0.05) is 34.1 Å². The fourth-order valence-electron chi connectivity index (χ4n) is 2.77. The Morgan fingerprint density at radius 3 is 2.18 bits per heavy atom. The van der Waals surface area contributed by atoms with E-state index in [0.717, 1.165) is 25.7 Å². The summed E-state index contributed by atoms with van der Waals surface area (Å²) in [6.45, 7) is 8.99. The topological polar surface area (TPSA) is 52.3 Å². The standard InChI is InChI=1S/C14H27NO2/c1-5-6-11(17-12(15)16)14(4)9-7-13(2,3)8-10-14/h11H,5-10H2,1-4H3,(H2,15,16). The minimum atomic E-state index is -0.630. The van der Waals surface area contributed by atoms with Crippen LogP contribution < -0.4 is 5.73 Å². The lowest BCUT2D eigenvalue weighted by Gasteiger charge is -2.45. The summed E-state index contributed by atoms with van der Waals surface area (Å²) in [5.41, 5.74) is 5.73. The Morgan fingerprint density at radius 1 is 1.24 bits per heavy atom. The van der Waals surface area contributed by atoms with Crippen molar-refractivity contribution in [2.24, 2.45) is 16.6 Å². The van der Waals surface area contributed by atoms with E-state index in [1.807, 2.05) is 0 Å². The monoisotopic (exact) mass is 241 g/mol. The van der Waals surface area contributed by atoms with Crippen LogP contribution in [0.4, 0.5) is 4.79 Å². The number of ether oxygens (including phenoxy) is 1. The van der Waals surface area contributed by atoms with Crippen LogP contribution in [0.25, 0.3) is 0 Å². The van der Waals surface area contributed by atoms with Gasteiger partial charge in [0.25, 0.3) is 0 Å². The zero-order chi connectivity index (χ0) is 13.1. The second kappa shape index (κ2) is 5.28. The summed E-state index contributed by atoms with van der Waals surface area (Å²) >= 11 is 0. The molecular weight excluding hydrogens is 214 g/mol. The highest BCUT2D eigenvalue weighted by Gasteiger charge is 2.41. The molecule has 3 heteroatoms. The van der Waals surface area contributed by atoms with E-state index < -0.39 is 6.09 Å². The third-order valence-electron chi connectivity index (χ3n) is 4.33. The minimum Gasteiger partial charge on any atom is -0.446 e. The lowest BCUT2D eigenvalue weighted by molar-refractivity contribution is -0.0278. The Labute approximate surface area is 105 Å². The molecule has 0 aliphatic heterocycles. The number of carbonyl (C=O) groups is 1. The Hall–Kier alpha value is -0.730. The maximum absolute atomic E-state index is 11.0. The molecule has 0 radical (unpaired) electrons. The van der Waals surface area contributed by atoms with Crippen LogP contribution in [-0.2, 0) is 4.74 Å². The Bertz CT molecular complexity index is 263. The van der Waals surface area contributed by atoms with E-state index in [2.05, 4.69) is 27.7 Å². The second-order valence-electron chi connectivity index (χ2n) is 6.53. The van der Waals surface area contributed by atoms with Gasteiger partial charge in [-0.25, -0.2) is 4.79 Å². The van der Waals surface area contributed by atoms with Crippen LogP contribution in [0.1, 0.15) is 66.2 Å². The van der Waals surface area contributed by atoms with E-state index in [1.54, 1.807) is 0 Å². The highest BCUT2D eigenvalue weighted by molar-refractivity contribution is 5.64. The van der Waals surface area contributed by atoms with Crippen molar-refractivity contribution in [1.82, 2.24) is 0 Å². The molecule has 0 heterocycles. The minimum absolute atomic E-state index is 0.0129. The van der Waals surface area contributed by atoms with Crippen LogP contribution >= 0.6 is 0 Å². The number of nitrogens with two attached hydrogens (primary N) is 1. The van der Waals surface area contributed by atoms with Crippen molar-refractivity contribution in [3.63, 3.8) is 0 Å². The maximum atomic E-state index is 11.0. The van der Waals surface area contributed by atoms with Crippen molar-refractivity contribution in [3.05, 3.63) is 0 Å². The predicted octanol–water partition coefficient (Wildman–Crippen LogP) is 3.86. The summed E-state index contributed by atoms with van der Waals surface area (Å²) < 4.78 is 5.34. The first-order chi connectivity index (χ1) is 7.79. The molecule has 0 aromatic carbocycles. The molecule has 1 atom stereocenters. The normalized spacial score (nSPS) is 24.0. The van der Waals surface area contributed by atoms with Gasteiger partial charge in [-0.3, -0.25) is 0 Å². The van der Waals surface area contributed by atoms with Gasteiger partial charge in [0.1, 0.15) is 6.10 Å². The number of rotatable bonds is 4. The summed E-state index contributed by atoms with van der Waals surface area (Å²) in [4.78, 5) is 11.0. The van der Waals surface area contributed by atoms with E-state index >= 15 is 0 Å². The molecule has 2 N–H and O–H groups in total. The van der Waals surface area contributed by atoms with Crippen LogP contribution in [-0.4, -0.2) is 12.2 Å². The third-order valence-corrected chi connectivity index (χ3v) is 4.33. The van der Waals surface area contributed by atoms with E-state index in [-0.39, 0.29) is 11.5 Å². The molecule has 0 spiro atoms. The first-order valence-electron chi connectivity index (χ1n) is 6.75. The molecule has 1 fully saturated rings. The zero-order valence-electron chi connectivity index (χ0n) is 11.7. The first kappa shape index (κ1) is 14.3. The summed E-state index contributed by atoms with van der Waals surface area (Å²) in [6.07, 6.45) is 5.94. The molecule has 100 valence electrons. The van der Waals surface area contributed by atoms with Gasteiger partial charge in [-0.05, 0) is 37.5 Å². The van der Waals surface area contributed by atoms with Crippen LogP contribution in [0.15, 0.2) is 0 Å². The average Bonchev–Trinajstić information content (AvgIpc) is 2.22. The van der Waals surface area contributed by atoms with Crippen molar-refractivity contribution in [2.75, 3.05) is 0 Å². The van der Waals surface area contributed by atoms with E-state index in [0.29, 0.717) is 5.41 Å². The molecule has 17 heavy (non-hydrogen) atoms. The van der Waals surface area contributed by atoms with Gasteiger partial charge in [0.05, 0.1) is 0 Å².